The van der Waals surface area contributed by atoms with Crippen molar-refractivity contribution in [3.05, 3.63) is 28.2 Å². The van der Waals surface area contributed by atoms with E-state index in [2.05, 4.69) is 40.3 Å². The standard InChI is InChI=1S/C17H24BrNO/c1-17(13-3-4-13,11-19-14-5-6-14)10-12-9-15(20-2)7-8-16(12)18/h7-9,13-14,19H,3-6,10-11H2,1-2H3. The van der Waals surface area contributed by atoms with E-state index in [-0.39, 0.29) is 0 Å². The Kier molecular flexibility index (Phi) is 4.09. The molecule has 0 aliphatic heterocycles. The van der Waals surface area contributed by atoms with Crippen molar-refractivity contribution in [2.45, 2.75) is 45.1 Å². The minimum Gasteiger partial charge on any atom is -0.497 e. The average Bonchev–Trinajstić information content (AvgIpc) is 3.30. The molecule has 1 aromatic rings. The van der Waals surface area contributed by atoms with Crippen LogP contribution in [0.5, 0.6) is 5.75 Å². The Morgan fingerprint density at radius 1 is 1.30 bits per heavy atom. The molecule has 1 atom stereocenters. The summed E-state index contributed by atoms with van der Waals surface area (Å²) in [4.78, 5) is 0. The van der Waals surface area contributed by atoms with Gasteiger partial charge in [0.25, 0.3) is 0 Å². The van der Waals surface area contributed by atoms with Crippen LogP contribution in [-0.4, -0.2) is 19.7 Å². The van der Waals surface area contributed by atoms with Crippen LogP contribution >= 0.6 is 15.9 Å². The number of methoxy groups -OCH3 is 1. The van der Waals surface area contributed by atoms with E-state index in [1.165, 1.54) is 35.7 Å². The zero-order chi connectivity index (χ0) is 14.2. The molecule has 1 aromatic carbocycles. The van der Waals surface area contributed by atoms with Gasteiger partial charge in [-0.1, -0.05) is 22.9 Å². The third-order valence-corrected chi connectivity index (χ3v) is 5.56. The molecule has 0 saturated heterocycles. The first-order chi connectivity index (χ1) is 9.60. The summed E-state index contributed by atoms with van der Waals surface area (Å²) in [6.45, 7) is 3.60. The Labute approximate surface area is 130 Å². The minimum absolute atomic E-state index is 0.372. The van der Waals surface area contributed by atoms with Crippen LogP contribution in [0.1, 0.15) is 38.2 Å². The molecule has 2 aliphatic carbocycles. The molecule has 2 saturated carbocycles. The fourth-order valence-corrected chi connectivity index (χ4v) is 3.43. The molecule has 0 radical (unpaired) electrons. The first kappa shape index (κ1) is 14.4. The van der Waals surface area contributed by atoms with E-state index in [9.17, 15) is 0 Å². The lowest BCUT2D eigenvalue weighted by atomic mass is 9.78. The highest BCUT2D eigenvalue weighted by Gasteiger charge is 2.42. The quantitative estimate of drug-likeness (QED) is 0.806. The SMILES string of the molecule is COc1ccc(Br)c(CC(C)(CNC2CC2)C2CC2)c1. The van der Waals surface area contributed by atoms with E-state index in [0.717, 1.165) is 30.7 Å². The van der Waals surface area contributed by atoms with Gasteiger partial charge in [-0.15, -0.1) is 0 Å². The first-order valence-corrected chi connectivity index (χ1v) is 8.46. The Hall–Kier alpha value is -0.540. The normalized spacial score (nSPS) is 21.6. The second-order valence-corrected chi connectivity index (χ2v) is 7.57. The molecule has 2 aliphatic rings. The zero-order valence-corrected chi connectivity index (χ0v) is 14.0. The van der Waals surface area contributed by atoms with E-state index < -0.39 is 0 Å². The predicted octanol–water partition coefficient (Wildman–Crippen LogP) is 4.17. The molecule has 2 nitrogen and oxygen atoms in total. The van der Waals surface area contributed by atoms with Gasteiger partial charge in [-0.05, 0) is 67.2 Å². The Morgan fingerprint density at radius 3 is 2.65 bits per heavy atom. The lowest BCUT2D eigenvalue weighted by Crippen LogP contribution is -2.36. The fourth-order valence-electron chi connectivity index (χ4n) is 3.05. The summed E-state index contributed by atoms with van der Waals surface area (Å²) < 4.78 is 6.58. The number of hydrogen-bond acceptors (Lipinski definition) is 2. The summed E-state index contributed by atoms with van der Waals surface area (Å²) in [6, 6.07) is 7.10. The number of halogens is 1. The topological polar surface area (TPSA) is 21.3 Å². The van der Waals surface area contributed by atoms with Crippen LogP contribution in [0.25, 0.3) is 0 Å². The van der Waals surface area contributed by atoms with E-state index >= 15 is 0 Å². The molecule has 0 amide bonds. The molecule has 0 bridgehead atoms. The van der Waals surface area contributed by atoms with E-state index in [1.54, 1.807) is 7.11 Å². The van der Waals surface area contributed by atoms with E-state index in [1.807, 2.05) is 6.07 Å². The third-order valence-electron chi connectivity index (χ3n) is 4.78. The van der Waals surface area contributed by atoms with Crippen LogP contribution in [0.15, 0.2) is 22.7 Å². The van der Waals surface area contributed by atoms with Crippen LogP contribution in [0, 0.1) is 11.3 Å². The Bertz CT molecular complexity index is 482. The van der Waals surface area contributed by atoms with Crippen molar-refractivity contribution in [2.75, 3.05) is 13.7 Å². The number of benzene rings is 1. The van der Waals surface area contributed by atoms with Gasteiger partial charge >= 0.3 is 0 Å². The van der Waals surface area contributed by atoms with Gasteiger partial charge in [0.2, 0.25) is 0 Å². The van der Waals surface area contributed by atoms with Crippen LogP contribution in [0.2, 0.25) is 0 Å². The largest absolute Gasteiger partial charge is 0.497 e. The fraction of sp³-hybridized carbons (Fsp3) is 0.647. The molecular weight excluding hydrogens is 314 g/mol. The van der Waals surface area contributed by atoms with Crippen molar-refractivity contribution in [1.29, 1.82) is 0 Å². The van der Waals surface area contributed by atoms with Crippen LogP contribution in [0.4, 0.5) is 0 Å². The lowest BCUT2D eigenvalue weighted by molar-refractivity contribution is 0.254. The zero-order valence-electron chi connectivity index (χ0n) is 12.4. The maximum atomic E-state index is 5.37. The molecule has 1 N–H and O–H groups in total. The van der Waals surface area contributed by atoms with E-state index in [0.29, 0.717) is 5.41 Å². The van der Waals surface area contributed by atoms with Gasteiger partial charge in [-0.3, -0.25) is 0 Å². The predicted molar refractivity (Wildman–Crippen MR) is 86.3 cm³/mol. The lowest BCUT2D eigenvalue weighted by Gasteiger charge is -2.31. The molecule has 0 aromatic heterocycles. The van der Waals surface area contributed by atoms with Crippen molar-refractivity contribution in [1.82, 2.24) is 5.32 Å². The second kappa shape index (κ2) is 5.69. The first-order valence-electron chi connectivity index (χ1n) is 7.66. The van der Waals surface area contributed by atoms with Crippen LogP contribution in [-0.2, 0) is 6.42 Å². The summed E-state index contributed by atoms with van der Waals surface area (Å²) in [7, 11) is 1.74. The molecule has 0 spiro atoms. The average molecular weight is 338 g/mol. The van der Waals surface area contributed by atoms with E-state index in [4.69, 9.17) is 4.74 Å². The summed E-state index contributed by atoms with van der Waals surface area (Å²) >= 11 is 3.70. The number of rotatable bonds is 7. The smallest absolute Gasteiger partial charge is 0.119 e. The van der Waals surface area contributed by atoms with Crippen molar-refractivity contribution in [2.24, 2.45) is 11.3 Å². The van der Waals surface area contributed by atoms with Gasteiger partial charge < -0.3 is 10.1 Å². The second-order valence-electron chi connectivity index (χ2n) is 6.72. The summed E-state index contributed by atoms with van der Waals surface area (Å²) in [5.41, 5.74) is 1.74. The molecule has 0 heterocycles. The highest BCUT2D eigenvalue weighted by Crippen LogP contribution is 2.48. The molecule has 20 heavy (non-hydrogen) atoms. The van der Waals surface area contributed by atoms with Crippen LogP contribution in [0.3, 0.4) is 0 Å². The van der Waals surface area contributed by atoms with Crippen molar-refractivity contribution in [3.63, 3.8) is 0 Å². The molecule has 2 fully saturated rings. The van der Waals surface area contributed by atoms with Crippen LogP contribution < -0.4 is 10.1 Å². The summed E-state index contributed by atoms with van der Waals surface area (Å²) in [5.74, 6) is 1.84. The third kappa shape index (κ3) is 3.37. The van der Waals surface area contributed by atoms with Gasteiger partial charge in [0, 0.05) is 17.1 Å². The van der Waals surface area contributed by atoms with Gasteiger partial charge in [0.1, 0.15) is 5.75 Å². The van der Waals surface area contributed by atoms with Crippen molar-refractivity contribution < 1.29 is 4.74 Å². The minimum atomic E-state index is 0.372. The molecule has 3 heteroatoms. The molecule has 3 rings (SSSR count). The maximum absolute atomic E-state index is 5.37. The Balaban J connectivity index is 1.74. The highest BCUT2D eigenvalue weighted by atomic mass is 79.9. The van der Waals surface area contributed by atoms with Gasteiger partial charge in [0.15, 0.2) is 0 Å². The maximum Gasteiger partial charge on any atom is 0.119 e. The Morgan fingerprint density at radius 2 is 2.05 bits per heavy atom. The van der Waals surface area contributed by atoms with Crippen molar-refractivity contribution >= 4 is 15.9 Å². The van der Waals surface area contributed by atoms with Gasteiger partial charge in [0.05, 0.1) is 7.11 Å². The molecule has 110 valence electrons. The number of ether oxygens (including phenoxy) is 1. The molecular formula is C17H24BrNO. The van der Waals surface area contributed by atoms with Gasteiger partial charge in [-0.25, -0.2) is 0 Å². The molecule has 1 unspecified atom stereocenters. The highest BCUT2D eigenvalue weighted by molar-refractivity contribution is 9.10. The van der Waals surface area contributed by atoms with Crippen molar-refractivity contribution in [3.8, 4) is 5.75 Å². The number of hydrogen-bond donors (Lipinski definition) is 1. The summed E-state index contributed by atoms with van der Waals surface area (Å²) in [6.07, 6.45) is 6.64. The van der Waals surface area contributed by atoms with Gasteiger partial charge in [-0.2, -0.15) is 0 Å². The number of nitrogens with one attached hydrogen (secondary N) is 1. The monoisotopic (exact) mass is 337 g/mol. The summed E-state index contributed by atoms with van der Waals surface area (Å²) in [5, 5.41) is 3.74.